The molecular formula is C17H24Cl2F6N2. The highest BCUT2D eigenvalue weighted by Crippen LogP contribution is 2.41. The minimum atomic E-state index is -4.69. The first-order valence-electron chi connectivity index (χ1n) is 8.23. The van der Waals surface area contributed by atoms with Gasteiger partial charge in [0.05, 0.1) is 11.1 Å². The maximum absolute atomic E-state index is 13.4. The van der Waals surface area contributed by atoms with E-state index in [1.165, 1.54) is 0 Å². The molecule has 0 unspecified atom stereocenters. The summed E-state index contributed by atoms with van der Waals surface area (Å²) in [5.74, 6) is 0.0514. The van der Waals surface area contributed by atoms with Crippen LogP contribution in [0.1, 0.15) is 43.0 Å². The second-order valence-electron chi connectivity index (χ2n) is 6.73. The van der Waals surface area contributed by atoms with Crippen LogP contribution in [0, 0.1) is 5.92 Å². The van der Waals surface area contributed by atoms with Crippen LogP contribution in [0.25, 0.3) is 0 Å². The van der Waals surface area contributed by atoms with E-state index in [2.05, 4.69) is 5.32 Å². The van der Waals surface area contributed by atoms with E-state index in [1.807, 2.05) is 18.7 Å². The van der Waals surface area contributed by atoms with Crippen molar-refractivity contribution in [1.29, 1.82) is 0 Å². The smallest absolute Gasteiger partial charge is 0.314 e. The highest BCUT2D eigenvalue weighted by atomic mass is 35.5. The molecule has 1 aromatic rings. The molecule has 0 saturated carbocycles. The number of hydrogen-bond acceptors (Lipinski definition) is 2. The molecule has 2 nitrogen and oxygen atoms in total. The fourth-order valence-electron chi connectivity index (χ4n) is 3.19. The van der Waals surface area contributed by atoms with E-state index in [4.69, 9.17) is 0 Å². The van der Waals surface area contributed by atoms with Gasteiger partial charge in [-0.3, -0.25) is 4.90 Å². The van der Waals surface area contributed by atoms with Crippen molar-refractivity contribution in [2.75, 3.05) is 26.2 Å². The lowest BCUT2D eigenvalue weighted by atomic mass is 9.90. The molecule has 1 aromatic carbocycles. The van der Waals surface area contributed by atoms with Gasteiger partial charge in [0, 0.05) is 32.2 Å². The molecule has 1 aliphatic heterocycles. The Hall–Kier alpha value is -0.700. The van der Waals surface area contributed by atoms with Gasteiger partial charge in [-0.25, -0.2) is 0 Å². The molecule has 1 aliphatic rings. The van der Waals surface area contributed by atoms with Crippen LogP contribution in [0.15, 0.2) is 18.2 Å². The van der Waals surface area contributed by atoms with Gasteiger partial charge in [0.15, 0.2) is 0 Å². The number of rotatable bonds is 4. The van der Waals surface area contributed by atoms with E-state index in [0.717, 1.165) is 0 Å². The summed E-state index contributed by atoms with van der Waals surface area (Å²) in [6, 6.07) is 1.06. The number of hydrogen-bond donors (Lipinski definition) is 1. The Morgan fingerprint density at radius 2 is 1.52 bits per heavy atom. The Bertz CT molecular complexity index is 584. The molecule has 1 fully saturated rings. The van der Waals surface area contributed by atoms with Crippen molar-refractivity contribution in [1.82, 2.24) is 10.2 Å². The molecule has 1 N–H and O–H groups in total. The minimum Gasteiger partial charge on any atom is -0.314 e. The van der Waals surface area contributed by atoms with Crippen molar-refractivity contribution in [2.45, 2.75) is 38.7 Å². The third-order valence-corrected chi connectivity index (χ3v) is 4.33. The lowest BCUT2D eigenvalue weighted by Gasteiger charge is -2.37. The molecule has 0 spiro atoms. The highest BCUT2D eigenvalue weighted by molar-refractivity contribution is 5.85. The van der Waals surface area contributed by atoms with Crippen molar-refractivity contribution in [2.24, 2.45) is 5.92 Å². The standard InChI is InChI=1S/C17H22F6N2.2ClH/c1-11(2)9-15(25-7-5-24-6-8-25)13-10-12(16(18,19)20)3-4-14(13)17(21,22)23;;/h3-4,10-11,15,24H,5-9H2,1-2H3;2*1H/t15-;;/m0../s1. The molecule has 158 valence electrons. The summed E-state index contributed by atoms with van der Waals surface area (Å²) in [5.41, 5.74) is -2.30. The van der Waals surface area contributed by atoms with Gasteiger partial charge in [-0.2, -0.15) is 26.3 Å². The maximum Gasteiger partial charge on any atom is 0.416 e. The van der Waals surface area contributed by atoms with Crippen molar-refractivity contribution in [3.05, 3.63) is 34.9 Å². The van der Waals surface area contributed by atoms with Gasteiger partial charge in [-0.1, -0.05) is 13.8 Å². The van der Waals surface area contributed by atoms with E-state index in [-0.39, 0.29) is 36.3 Å². The minimum absolute atomic E-state index is 0. The van der Waals surface area contributed by atoms with Crippen LogP contribution < -0.4 is 5.32 Å². The number of benzene rings is 1. The molecule has 1 atom stereocenters. The van der Waals surface area contributed by atoms with Crippen LogP contribution in [0.3, 0.4) is 0 Å². The van der Waals surface area contributed by atoms with E-state index < -0.39 is 29.5 Å². The lowest BCUT2D eigenvalue weighted by molar-refractivity contribution is -0.142. The number of halogens is 8. The van der Waals surface area contributed by atoms with Gasteiger partial charge in [0.25, 0.3) is 0 Å². The van der Waals surface area contributed by atoms with Gasteiger partial charge in [0.2, 0.25) is 0 Å². The molecular weight excluding hydrogens is 417 g/mol. The van der Waals surface area contributed by atoms with E-state index in [0.29, 0.717) is 50.8 Å². The Kier molecular flexibility index (Phi) is 9.92. The summed E-state index contributed by atoms with van der Waals surface area (Å²) in [7, 11) is 0. The second-order valence-corrected chi connectivity index (χ2v) is 6.73. The molecule has 2 rings (SSSR count). The van der Waals surface area contributed by atoms with Crippen LogP contribution in [-0.4, -0.2) is 31.1 Å². The first-order chi connectivity index (χ1) is 11.5. The lowest BCUT2D eigenvalue weighted by Crippen LogP contribution is -2.45. The van der Waals surface area contributed by atoms with Gasteiger partial charge < -0.3 is 5.32 Å². The largest absolute Gasteiger partial charge is 0.416 e. The molecule has 1 saturated heterocycles. The van der Waals surface area contributed by atoms with Crippen molar-refractivity contribution < 1.29 is 26.3 Å². The SMILES string of the molecule is CC(C)C[C@@H](c1cc(C(F)(F)F)ccc1C(F)(F)F)N1CCNCC1.Cl.Cl. The summed E-state index contributed by atoms with van der Waals surface area (Å²) in [6.07, 6.45) is -9.00. The van der Waals surface area contributed by atoms with Crippen molar-refractivity contribution in [3.63, 3.8) is 0 Å². The molecule has 1 heterocycles. The predicted octanol–water partition coefficient (Wildman–Crippen LogP) is 5.56. The third kappa shape index (κ3) is 7.00. The molecule has 27 heavy (non-hydrogen) atoms. The van der Waals surface area contributed by atoms with Gasteiger partial charge >= 0.3 is 12.4 Å². The zero-order valence-corrected chi connectivity index (χ0v) is 16.6. The van der Waals surface area contributed by atoms with Gasteiger partial charge in [-0.15, -0.1) is 24.8 Å². The summed E-state index contributed by atoms with van der Waals surface area (Å²) < 4.78 is 79.5. The Morgan fingerprint density at radius 3 is 1.96 bits per heavy atom. The monoisotopic (exact) mass is 440 g/mol. The predicted molar refractivity (Wildman–Crippen MR) is 97.6 cm³/mol. The van der Waals surface area contributed by atoms with Gasteiger partial charge in [-0.05, 0) is 36.1 Å². The third-order valence-electron chi connectivity index (χ3n) is 4.33. The van der Waals surface area contributed by atoms with Gasteiger partial charge in [0.1, 0.15) is 0 Å². The van der Waals surface area contributed by atoms with E-state index in [9.17, 15) is 26.3 Å². The maximum atomic E-state index is 13.4. The molecule has 0 radical (unpaired) electrons. The number of alkyl halides is 6. The molecule has 0 aliphatic carbocycles. The normalized spacial score (nSPS) is 17.2. The van der Waals surface area contributed by atoms with E-state index >= 15 is 0 Å². The van der Waals surface area contributed by atoms with Crippen LogP contribution in [0.2, 0.25) is 0 Å². The average Bonchev–Trinajstić information content (AvgIpc) is 2.51. The average molecular weight is 441 g/mol. The van der Waals surface area contributed by atoms with Crippen LogP contribution in [-0.2, 0) is 12.4 Å². The topological polar surface area (TPSA) is 15.3 Å². The summed E-state index contributed by atoms with van der Waals surface area (Å²) in [4.78, 5) is 1.85. The van der Waals surface area contributed by atoms with Crippen LogP contribution in [0.5, 0.6) is 0 Å². The quantitative estimate of drug-likeness (QED) is 0.616. The van der Waals surface area contributed by atoms with Crippen LogP contribution >= 0.6 is 24.8 Å². The second kappa shape index (κ2) is 10.2. The summed E-state index contributed by atoms with van der Waals surface area (Å²) in [5, 5.41) is 3.11. The number of nitrogens with one attached hydrogen (secondary N) is 1. The zero-order valence-electron chi connectivity index (χ0n) is 15.0. The molecule has 0 bridgehead atoms. The Labute approximate surface area is 167 Å². The Morgan fingerprint density at radius 1 is 0.963 bits per heavy atom. The molecule has 0 amide bonds. The van der Waals surface area contributed by atoms with Crippen molar-refractivity contribution >= 4 is 24.8 Å². The fourth-order valence-corrected chi connectivity index (χ4v) is 3.19. The fraction of sp³-hybridized carbons (Fsp3) is 0.647. The number of nitrogens with zero attached hydrogens (tertiary/aromatic N) is 1. The first kappa shape index (κ1) is 26.3. The Balaban J connectivity index is 0.00000338. The zero-order chi connectivity index (χ0) is 18.8. The summed E-state index contributed by atoms with van der Waals surface area (Å²) >= 11 is 0. The first-order valence-corrected chi connectivity index (χ1v) is 8.23. The highest BCUT2D eigenvalue weighted by Gasteiger charge is 2.39. The molecule has 0 aromatic heterocycles. The van der Waals surface area contributed by atoms with Crippen LogP contribution in [0.4, 0.5) is 26.3 Å². The molecule has 10 heteroatoms. The van der Waals surface area contributed by atoms with Crippen molar-refractivity contribution in [3.8, 4) is 0 Å². The van der Waals surface area contributed by atoms with E-state index in [1.54, 1.807) is 0 Å². The summed E-state index contributed by atoms with van der Waals surface area (Å²) in [6.45, 7) is 5.94. The number of piperazine rings is 1.